The van der Waals surface area contributed by atoms with Crippen LogP contribution in [0.25, 0.3) is 33.2 Å². The van der Waals surface area contributed by atoms with E-state index in [1.165, 1.54) is 0 Å². The van der Waals surface area contributed by atoms with Crippen LogP contribution in [-0.2, 0) is 0 Å². The van der Waals surface area contributed by atoms with Gasteiger partial charge in [-0.15, -0.1) is 10.2 Å². The Labute approximate surface area is 114 Å². The Bertz CT molecular complexity index is 914. The van der Waals surface area contributed by atoms with Crippen molar-refractivity contribution in [1.82, 2.24) is 25.4 Å². The van der Waals surface area contributed by atoms with Gasteiger partial charge in [0, 0.05) is 10.9 Å². The molecule has 20 heavy (non-hydrogen) atoms. The quantitative estimate of drug-likeness (QED) is 0.525. The number of aromatic nitrogens is 5. The minimum Gasteiger partial charge on any atom is -0.252 e. The first kappa shape index (κ1) is 10.9. The largest absolute Gasteiger partial charge is 0.252 e. The molecule has 94 valence electrons. The summed E-state index contributed by atoms with van der Waals surface area (Å²) in [6.07, 6.45) is 3.48. The van der Waals surface area contributed by atoms with Gasteiger partial charge in [0.1, 0.15) is 0 Å². The van der Waals surface area contributed by atoms with Crippen molar-refractivity contribution < 1.29 is 0 Å². The molecule has 2 aromatic heterocycles. The van der Waals surface area contributed by atoms with Crippen molar-refractivity contribution in [1.29, 1.82) is 0 Å². The Morgan fingerprint density at radius 2 is 1.60 bits per heavy atom. The first-order valence-corrected chi connectivity index (χ1v) is 6.21. The molecule has 0 amide bonds. The molecule has 0 aliphatic heterocycles. The van der Waals surface area contributed by atoms with E-state index in [9.17, 15) is 0 Å². The van der Waals surface area contributed by atoms with Crippen LogP contribution in [0.3, 0.4) is 0 Å². The molecule has 0 aliphatic rings. The lowest BCUT2D eigenvalue weighted by molar-refractivity contribution is 0.895. The Balaban J connectivity index is 2.01. The molecule has 2 aromatic carbocycles. The maximum absolute atomic E-state index is 4.66. The summed E-state index contributed by atoms with van der Waals surface area (Å²) in [5, 5.41) is 12.5. The van der Waals surface area contributed by atoms with Crippen molar-refractivity contribution in [2.45, 2.75) is 0 Å². The molecule has 4 rings (SSSR count). The van der Waals surface area contributed by atoms with Gasteiger partial charge in [-0.3, -0.25) is 4.98 Å². The van der Waals surface area contributed by atoms with E-state index in [1.54, 1.807) is 12.4 Å². The number of fused-ring (bicyclic) bond motifs is 2. The molecule has 0 saturated heterocycles. The second-order valence-corrected chi connectivity index (χ2v) is 4.42. The Kier molecular flexibility index (Phi) is 2.35. The highest BCUT2D eigenvalue weighted by Crippen LogP contribution is 2.25. The third kappa shape index (κ3) is 1.68. The van der Waals surface area contributed by atoms with Crippen LogP contribution in [0.4, 0.5) is 0 Å². The fourth-order valence-electron chi connectivity index (χ4n) is 2.24. The average Bonchev–Trinajstić information content (AvgIpc) is 2.54. The van der Waals surface area contributed by atoms with E-state index < -0.39 is 0 Å². The Hall–Kier alpha value is -2.95. The lowest BCUT2D eigenvalue weighted by Crippen LogP contribution is -1.92. The minimum atomic E-state index is 0.799. The molecule has 0 aliphatic carbocycles. The third-order valence-electron chi connectivity index (χ3n) is 3.20. The van der Waals surface area contributed by atoms with Crippen molar-refractivity contribution in [3.8, 4) is 11.3 Å². The highest BCUT2D eigenvalue weighted by molar-refractivity contribution is 5.93. The monoisotopic (exact) mass is 259 g/mol. The molecular formula is C15H9N5. The summed E-state index contributed by atoms with van der Waals surface area (Å²) in [5.74, 6) is 0. The van der Waals surface area contributed by atoms with Crippen LogP contribution in [0.5, 0.6) is 0 Å². The van der Waals surface area contributed by atoms with Gasteiger partial charge in [0.15, 0.2) is 0 Å². The summed E-state index contributed by atoms with van der Waals surface area (Å²) in [7, 11) is 0. The van der Waals surface area contributed by atoms with Gasteiger partial charge in [-0.2, -0.15) is 0 Å². The smallest absolute Gasteiger partial charge is 0.0970 e. The maximum Gasteiger partial charge on any atom is 0.0970 e. The SMILES string of the molecule is c1ccc2nc(-c3cccc4nnncc34)cnc2c1. The summed E-state index contributed by atoms with van der Waals surface area (Å²) in [4.78, 5) is 9.10. The molecule has 4 aromatic rings. The van der Waals surface area contributed by atoms with E-state index in [-0.39, 0.29) is 0 Å². The van der Waals surface area contributed by atoms with E-state index >= 15 is 0 Å². The van der Waals surface area contributed by atoms with Gasteiger partial charge in [0.05, 0.1) is 34.6 Å². The lowest BCUT2D eigenvalue weighted by Gasteiger charge is -2.05. The van der Waals surface area contributed by atoms with Crippen LogP contribution in [0.1, 0.15) is 0 Å². The molecule has 0 N–H and O–H groups in total. The Morgan fingerprint density at radius 3 is 2.55 bits per heavy atom. The summed E-state index contributed by atoms with van der Waals surface area (Å²) < 4.78 is 0. The zero-order valence-corrected chi connectivity index (χ0v) is 10.4. The molecular weight excluding hydrogens is 250 g/mol. The molecule has 5 heteroatoms. The second-order valence-electron chi connectivity index (χ2n) is 4.42. The molecule has 0 unspecified atom stereocenters. The number of para-hydroxylation sites is 2. The van der Waals surface area contributed by atoms with Crippen molar-refractivity contribution in [3.63, 3.8) is 0 Å². The van der Waals surface area contributed by atoms with Gasteiger partial charge in [0.2, 0.25) is 0 Å². The molecule has 0 radical (unpaired) electrons. The number of hydrogen-bond donors (Lipinski definition) is 0. The molecule has 0 fully saturated rings. The Morgan fingerprint density at radius 1 is 0.750 bits per heavy atom. The molecule has 0 spiro atoms. The van der Waals surface area contributed by atoms with E-state index in [4.69, 9.17) is 0 Å². The summed E-state index contributed by atoms with van der Waals surface area (Å²) in [6, 6.07) is 13.6. The molecule has 0 bridgehead atoms. The third-order valence-corrected chi connectivity index (χ3v) is 3.20. The van der Waals surface area contributed by atoms with Crippen molar-refractivity contribution in [2.75, 3.05) is 0 Å². The fourth-order valence-corrected chi connectivity index (χ4v) is 2.24. The van der Waals surface area contributed by atoms with Crippen LogP contribution < -0.4 is 0 Å². The minimum absolute atomic E-state index is 0.799. The number of rotatable bonds is 1. The van der Waals surface area contributed by atoms with Crippen LogP contribution >= 0.6 is 0 Å². The highest BCUT2D eigenvalue weighted by Gasteiger charge is 2.07. The predicted octanol–water partition coefficient (Wildman–Crippen LogP) is 2.64. The average molecular weight is 259 g/mol. The first-order chi connectivity index (χ1) is 9.92. The van der Waals surface area contributed by atoms with Crippen LogP contribution in [0.15, 0.2) is 54.9 Å². The fraction of sp³-hybridized carbons (Fsp3) is 0. The zero-order valence-electron chi connectivity index (χ0n) is 10.4. The van der Waals surface area contributed by atoms with E-state index in [1.807, 2.05) is 42.5 Å². The number of nitrogens with zero attached hydrogens (tertiary/aromatic N) is 5. The highest BCUT2D eigenvalue weighted by atomic mass is 15.3. The van der Waals surface area contributed by atoms with E-state index in [0.717, 1.165) is 33.2 Å². The summed E-state index contributed by atoms with van der Waals surface area (Å²) in [6.45, 7) is 0. The van der Waals surface area contributed by atoms with Crippen LogP contribution in [0.2, 0.25) is 0 Å². The van der Waals surface area contributed by atoms with Crippen molar-refractivity contribution >= 4 is 21.9 Å². The second kappa shape index (κ2) is 4.31. The summed E-state index contributed by atoms with van der Waals surface area (Å²) in [5.41, 5.74) is 4.33. The van der Waals surface area contributed by atoms with E-state index in [2.05, 4.69) is 25.4 Å². The molecule has 5 nitrogen and oxygen atoms in total. The van der Waals surface area contributed by atoms with Gasteiger partial charge in [0.25, 0.3) is 0 Å². The van der Waals surface area contributed by atoms with Gasteiger partial charge >= 0.3 is 0 Å². The first-order valence-electron chi connectivity index (χ1n) is 6.21. The summed E-state index contributed by atoms with van der Waals surface area (Å²) >= 11 is 0. The van der Waals surface area contributed by atoms with Crippen molar-refractivity contribution in [2.24, 2.45) is 0 Å². The normalized spacial score (nSPS) is 11.0. The lowest BCUT2D eigenvalue weighted by atomic mass is 10.1. The van der Waals surface area contributed by atoms with Gasteiger partial charge in [-0.25, -0.2) is 4.98 Å². The molecule has 2 heterocycles. The molecule has 0 saturated carbocycles. The van der Waals surface area contributed by atoms with Gasteiger partial charge < -0.3 is 0 Å². The van der Waals surface area contributed by atoms with Gasteiger partial charge in [-0.1, -0.05) is 24.3 Å². The predicted molar refractivity (Wildman–Crippen MR) is 75.9 cm³/mol. The van der Waals surface area contributed by atoms with Crippen LogP contribution in [-0.4, -0.2) is 25.4 Å². The number of hydrogen-bond acceptors (Lipinski definition) is 5. The zero-order chi connectivity index (χ0) is 13.4. The standard InChI is InChI=1S/C15H9N5/c1-2-6-14-13(5-1)16-9-15(18-14)10-4-3-7-12-11(10)8-17-20-19-12/h1-9H. The number of benzene rings is 2. The maximum atomic E-state index is 4.66. The van der Waals surface area contributed by atoms with Gasteiger partial charge in [-0.05, 0) is 23.4 Å². The van der Waals surface area contributed by atoms with Crippen molar-refractivity contribution in [3.05, 3.63) is 54.9 Å². The van der Waals surface area contributed by atoms with E-state index in [0.29, 0.717) is 0 Å². The topological polar surface area (TPSA) is 64.5 Å². The van der Waals surface area contributed by atoms with Crippen LogP contribution in [0, 0.1) is 0 Å². The molecule has 0 atom stereocenters.